The largest absolute Gasteiger partial charge is 0.399 e. The summed E-state index contributed by atoms with van der Waals surface area (Å²) in [5.74, 6) is -0.155. The molecule has 1 aliphatic rings. The highest BCUT2D eigenvalue weighted by molar-refractivity contribution is 5.92. The minimum Gasteiger partial charge on any atom is -0.399 e. The van der Waals surface area contributed by atoms with E-state index >= 15 is 0 Å². The van der Waals surface area contributed by atoms with E-state index in [4.69, 9.17) is 10.5 Å². The molecule has 1 aliphatic carbocycles. The molecule has 2 rings (SSSR count). The summed E-state index contributed by atoms with van der Waals surface area (Å²) in [5.41, 5.74) is 6.08. The lowest BCUT2D eigenvalue weighted by molar-refractivity contribution is -0.123. The smallest absolute Gasteiger partial charge is 0.250 e. The number of rotatable bonds is 5. The maximum absolute atomic E-state index is 13.5. The van der Waals surface area contributed by atoms with Gasteiger partial charge in [0.25, 0.3) is 0 Å². The summed E-state index contributed by atoms with van der Waals surface area (Å²) < 4.78 is 19.2. The first-order valence-corrected chi connectivity index (χ1v) is 7.55. The fraction of sp³-hybridized carbons (Fsp3) is 0.562. The quantitative estimate of drug-likeness (QED) is 0.819. The lowest BCUT2D eigenvalue weighted by Crippen LogP contribution is -2.27. The highest BCUT2D eigenvalue weighted by Crippen LogP contribution is 2.28. The Hall–Kier alpha value is -1.62. The van der Waals surface area contributed by atoms with E-state index in [1.165, 1.54) is 24.6 Å². The molecular formula is C16H23FN2O2. The Morgan fingerprint density at radius 3 is 3.05 bits per heavy atom. The van der Waals surface area contributed by atoms with E-state index in [-0.39, 0.29) is 24.3 Å². The van der Waals surface area contributed by atoms with Gasteiger partial charge >= 0.3 is 0 Å². The van der Waals surface area contributed by atoms with Crippen LogP contribution in [0.15, 0.2) is 18.2 Å². The molecule has 1 saturated carbocycles. The van der Waals surface area contributed by atoms with Gasteiger partial charge in [-0.1, -0.05) is 26.2 Å². The molecule has 1 aromatic rings. The second kappa shape index (κ2) is 7.41. The van der Waals surface area contributed by atoms with Gasteiger partial charge in [-0.05, 0) is 37.0 Å². The summed E-state index contributed by atoms with van der Waals surface area (Å²) in [6.07, 6.45) is 5.69. The third-order valence-electron chi connectivity index (χ3n) is 4.03. The molecule has 2 unspecified atom stereocenters. The number of anilines is 2. The molecule has 116 valence electrons. The molecule has 3 N–H and O–H groups in total. The minimum absolute atomic E-state index is 0.0463. The van der Waals surface area contributed by atoms with Crippen molar-refractivity contribution in [2.24, 2.45) is 5.92 Å². The van der Waals surface area contributed by atoms with Gasteiger partial charge in [-0.3, -0.25) is 4.79 Å². The Morgan fingerprint density at radius 2 is 2.29 bits per heavy atom. The van der Waals surface area contributed by atoms with Gasteiger partial charge in [0, 0.05) is 5.69 Å². The molecule has 1 fully saturated rings. The van der Waals surface area contributed by atoms with Gasteiger partial charge in [0.1, 0.15) is 12.4 Å². The monoisotopic (exact) mass is 294 g/mol. The van der Waals surface area contributed by atoms with Gasteiger partial charge in [0.2, 0.25) is 5.91 Å². The molecule has 5 heteroatoms. The molecule has 0 radical (unpaired) electrons. The van der Waals surface area contributed by atoms with Gasteiger partial charge in [-0.15, -0.1) is 0 Å². The third kappa shape index (κ3) is 4.70. The molecule has 0 bridgehead atoms. The van der Waals surface area contributed by atoms with Crippen LogP contribution in [0.1, 0.15) is 39.0 Å². The van der Waals surface area contributed by atoms with E-state index in [1.54, 1.807) is 0 Å². The molecule has 0 spiro atoms. The molecule has 4 nitrogen and oxygen atoms in total. The number of ether oxygens (including phenoxy) is 1. The van der Waals surface area contributed by atoms with Crippen molar-refractivity contribution in [1.82, 2.24) is 0 Å². The summed E-state index contributed by atoms with van der Waals surface area (Å²) in [6, 6.07) is 4.09. The van der Waals surface area contributed by atoms with Crippen LogP contribution in [-0.4, -0.2) is 18.6 Å². The first kappa shape index (κ1) is 15.8. The van der Waals surface area contributed by atoms with Crippen molar-refractivity contribution in [3.05, 3.63) is 24.0 Å². The van der Waals surface area contributed by atoms with Crippen LogP contribution >= 0.6 is 0 Å². The predicted molar refractivity (Wildman–Crippen MR) is 81.4 cm³/mol. The molecular weight excluding hydrogens is 271 g/mol. The SMILES string of the molecule is CCC1CCCC(OCC(=O)Nc2cc(N)ccc2F)C1. The van der Waals surface area contributed by atoms with Crippen LogP contribution in [0.3, 0.4) is 0 Å². The number of benzene rings is 1. The fourth-order valence-electron chi connectivity index (χ4n) is 2.78. The van der Waals surface area contributed by atoms with Crippen LogP contribution in [0, 0.1) is 11.7 Å². The average molecular weight is 294 g/mol. The molecule has 0 aromatic heterocycles. The number of nitrogen functional groups attached to an aromatic ring is 1. The second-order valence-corrected chi connectivity index (χ2v) is 5.66. The number of nitrogens with two attached hydrogens (primary N) is 1. The van der Waals surface area contributed by atoms with E-state index in [9.17, 15) is 9.18 Å². The van der Waals surface area contributed by atoms with Gasteiger partial charge in [0.05, 0.1) is 11.8 Å². The van der Waals surface area contributed by atoms with E-state index in [1.807, 2.05) is 0 Å². The maximum Gasteiger partial charge on any atom is 0.250 e. The minimum atomic E-state index is -0.499. The summed E-state index contributed by atoms with van der Waals surface area (Å²) in [5, 5.41) is 2.50. The van der Waals surface area contributed by atoms with Crippen LogP contribution in [0.25, 0.3) is 0 Å². The molecule has 1 aromatic carbocycles. The van der Waals surface area contributed by atoms with E-state index in [2.05, 4.69) is 12.2 Å². The second-order valence-electron chi connectivity index (χ2n) is 5.66. The predicted octanol–water partition coefficient (Wildman–Crippen LogP) is 3.33. The molecule has 0 saturated heterocycles. The topological polar surface area (TPSA) is 64.3 Å². The number of nitrogens with one attached hydrogen (secondary N) is 1. The number of amides is 1. The molecule has 0 heterocycles. The molecule has 2 atom stereocenters. The zero-order chi connectivity index (χ0) is 15.2. The van der Waals surface area contributed by atoms with Crippen LogP contribution in [0.2, 0.25) is 0 Å². The molecule has 1 amide bonds. The first-order chi connectivity index (χ1) is 10.1. The van der Waals surface area contributed by atoms with Crippen molar-refractivity contribution >= 4 is 17.3 Å². The van der Waals surface area contributed by atoms with E-state index < -0.39 is 5.82 Å². The normalized spacial score (nSPS) is 22.0. The van der Waals surface area contributed by atoms with E-state index in [0.717, 1.165) is 25.7 Å². The summed E-state index contributed by atoms with van der Waals surface area (Å²) in [6.45, 7) is 2.14. The Morgan fingerprint density at radius 1 is 1.48 bits per heavy atom. The van der Waals surface area contributed by atoms with Crippen molar-refractivity contribution < 1.29 is 13.9 Å². The Labute approximate surface area is 124 Å². The van der Waals surface area contributed by atoms with E-state index in [0.29, 0.717) is 11.6 Å². The van der Waals surface area contributed by atoms with Gasteiger partial charge in [-0.2, -0.15) is 0 Å². The van der Waals surface area contributed by atoms with Gasteiger partial charge in [-0.25, -0.2) is 4.39 Å². The lowest BCUT2D eigenvalue weighted by Gasteiger charge is -2.28. The van der Waals surface area contributed by atoms with Crippen LogP contribution in [0.4, 0.5) is 15.8 Å². The average Bonchev–Trinajstić information content (AvgIpc) is 2.49. The number of halogens is 1. The van der Waals surface area contributed by atoms with Gasteiger partial charge in [0.15, 0.2) is 0 Å². The zero-order valence-corrected chi connectivity index (χ0v) is 12.4. The Bertz CT molecular complexity index is 493. The highest BCUT2D eigenvalue weighted by Gasteiger charge is 2.22. The lowest BCUT2D eigenvalue weighted by atomic mass is 9.85. The zero-order valence-electron chi connectivity index (χ0n) is 12.4. The summed E-state index contributed by atoms with van der Waals surface area (Å²) in [4.78, 5) is 11.8. The van der Waals surface area contributed by atoms with Crippen LogP contribution in [0.5, 0.6) is 0 Å². The Balaban J connectivity index is 1.80. The van der Waals surface area contributed by atoms with Crippen LogP contribution in [-0.2, 0) is 9.53 Å². The standard InChI is InChI=1S/C16H23FN2O2/c1-2-11-4-3-5-13(8-11)21-10-16(20)19-15-9-12(18)6-7-14(15)17/h6-7,9,11,13H,2-5,8,10,18H2,1H3,(H,19,20). The first-order valence-electron chi connectivity index (χ1n) is 7.55. The van der Waals surface area contributed by atoms with Crippen molar-refractivity contribution in [2.75, 3.05) is 17.7 Å². The number of carbonyl (C=O) groups is 1. The number of carbonyl (C=O) groups excluding carboxylic acids is 1. The molecule has 21 heavy (non-hydrogen) atoms. The Kier molecular flexibility index (Phi) is 5.56. The van der Waals surface area contributed by atoms with Crippen LogP contribution < -0.4 is 11.1 Å². The summed E-state index contributed by atoms with van der Waals surface area (Å²) >= 11 is 0. The third-order valence-corrected chi connectivity index (χ3v) is 4.03. The summed E-state index contributed by atoms with van der Waals surface area (Å²) in [7, 11) is 0. The van der Waals surface area contributed by atoms with Crippen molar-refractivity contribution in [3.63, 3.8) is 0 Å². The van der Waals surface area contributed by atoms with Gasteiger partial charge < -0.3 is 15.8 Å². The highest BCUT2D eigenvalue weighted by atomic mass is 19.1. The maximum atomic E-state index is 13.5. The fourth-order valence-corrected chi connectivity index (χ4v) is 2.78. The number of hydrogen-bond acceptors (Lipinski definition) is 3. The van der Waals surface area contributed by atoms with Crippen molar-refractivity contribution in [1.29, 1.82) is 0 Å². The van der Waals surface area contributed by atoms with Crippen molar-refractivity contribution in [3.8, 4) is 0 Å². The molecule has 0 aliphatic heterocycles. The van der Waals surface area contributed by atoms with Crippen molar-refractivity contribution in [2.45, 2.75) is 45.1 Å². The number of hydrogen-bond donors (Lipinski definition) is 2.